The first-order valence-corrected chi connectivity index (χ1v) is 12.7. The summed E-state index contributed by atoms with van der Waals surface area (Å²) in [5, 5.41) is 3.22. The van der Waals surface area contributed by atoms with E-state index >= 15 is 0 Å². The van der Waals surface area contributed by atoms with Crippen LogP contribution in [0.3, 0.4) is 0 Å². The second-order valence-electron chi connectivity index (χ2n) is 7.61. The lowest BCUT2D eigenvalue weighted by molar-refractivity contribution is -0.139. The molecule has 194 valence electrons. The van der Waals surface area contributed by atoms with Crippen LogP contribution in [0.25, 0.3) is 0 Å². The second kappa shape index (κ2) is 14.0. The minimum absolute atomic E-state index is 0.0259. The highest BCUT2D eigenvalue weighted by Crippen LogP contribution is 2.33. The van der Waals surface area contributed by atoms with Crippen molar-refractivity contribution in [1.29, 1.82) is 0 Å². The monoisotopic (exact) mass is 512 g/mol. The molecule has 1 heterocycles. The molecule has 0 unspecified atom stereocenters. The Balaban J connectivity index is 1.96. The Morgan fingerprint density at radius 3 is 2.49 bits per heavy atom. The Morgan fingerprint density at radius 2 is 1.83 bits per heavy atom. The number of benzene rings is 1. The van der Waals surface area contributed by atoms with Crippen LogP contribution in [0.15, 0.2) is 18.2 Å². The van der Waals surface area contributed by atoms with Crippen LogP contribution >= 0.6 is 7.60 Å². The average molecular weight is 513 g/mol. The van der Waals surface area contributed by atoms with E-state index in [-0.39, 0.29) is 44.3 Å². The zero-order valence-electron chi connectivity index (χ0n) is 20.2. The van der Waals surface area contributed by atoms with Gasteiger partial charge in [-0.15, -0.1) is 0 Å². The van der Waals surface area contributed by atoms with Gasteiger partial charge in [0.15, 0.2) is 0 Å². The van der Waals surface area contributed by atoms with E-state index in [1.165, 1.54) is 7.11 Å². The molecule has 0 amide bonds. The Hall–Kier alpha value is -2.76. The van der Waals surface area contributed by atoms with Gasteiger partial charge < -0.3 is 39.8 Å². The van der Waals surface area contributed by atoms with Gasteiger partial charge in [-0.1, -0.05) is 12.1 Å². The number of nitrogens with one attached hydrogen (secondary N) is 1. The van der Waals surface area contributed by atoms with Crippen molar-refractivity contribution >= 4 is 25.3 Å². The number of nitrogens with two attached hydrogens (primary N) is 1. The van der Waals surface area contributed by atoms with Crippen molar-refractivity contribution in [2.75, 3.05) is 64.4 Å². The van der Waals surface area contributed by atoms with E-state index in [0.717, 1.165) is 22.4 Å². The summed E-state index contributed by atoms with van der Waals surface area (Å²) < 4.78 is 31.6. The van der Waals surface area contributed by atoms with Crippen molar-refractivity contribution in [1.82, 2.24) is 9.97 Å². The Labute approximate surface area is 204 Å². The number of nitrogens with zero attached hydrogens (tertiary/aromatic N) is 2. The Morgan fingerprint density at radius 1 is 1.11 bits per heavy atom. The normalized spacial score (nSPS) is 11.3. The van der Waals surface area contributed by atoms with E-state index in [1.807, 2.05) is 25.1 Å². The number of ether oxygens (including phenoxy) is 4. The van der Waals surface area contributed by atoms with Crippen LogP contribution in [-0.2, 0) is 36.4 Å². The lowest BCUT2D eigenvalue weighted by Gasteiger charge is -2.16. The SMILES string of the molecule is COC(=O)Cc1ccc(Cc2c(C)nc(N)nc2NCCOCCOCCP(=O)(O)O)c(OC)c1. The molecule has 5 N–H and O–H groups in total. The quantitative estimate of drug-likeness (QED) is 0.153. The number of aryl methyl sites for hydroxylation is 1. The van der Waals surface area contributed by atoms with Crippen molar-refractivity contribution in [3.05, 3.63) is 40.6 Å². The minimum Gasteiger partial charge on any atom is -0.496 e. The van der Waals surface area contributed by atoms with Crippen molar-refractivity contribution < 1.29 is 38.1 Å². The first-order chi connectivity index (χ1) is 16.6. The third kappa shape index (κ3) is 10.2. The molecule has 0 atom stereocenters. The number of carbonyl (C=O) groups is 1. The first-order valence-electron chi connectivity index (χ1n) is 10.9. The topological polar surface area (TPSA) is 175 Å². The standard InChI is InChI=1S/C22H33N4O8P/c1-15-18(14-17-5-4-16(12-19(17)31-2)13-20(27)32-3)21(26-22(23)25-15)24-6-7-33-8-9-34-10-11-35(28,29)30/h4-5,12H,6-11,13-14H2,1-3H3,(H2,28,29,30)(H3,23,24,25,26). The summed E-state index contributed by atoms with van der Waals surface area (Å²) in [5.74, 6) is 1.03. The third-order valence-corrected chi connectivity index (χ3v) is 5.73. The molecular formula is C22H33N4O8P. The number of hydrogen-bond acceptors (Lipinski definition) is 10. The fourth-order valence-electron chi connectivity index (χ4n) is 3.20. The molecule has 13 heteroatoms. The van der Waals surface area contributed by atoms with E-state index in [2.05, 4.69) is 15.3 Å². The Kier molecular flexibility index (Phi) is 11.4. The molecule has 1 aromatic heterocycles. The number of methoxy groups -OCH3 is 2. The molecule has 0 bridgehead atoms. The van der Waals surface area contributed by atoms with Gasteiger partial charge in [0.1, 0.15) is 11.6 Å². The highest BCUT2D eigenvalue weighted by molar-refractivity contribution is 7.51. The van der Waals surface area contributed by atoms with Crippen LogP contribution in [0.5, 0.6) is 5.75 Å². The van der Waals surface area contributed by atoms with E-state index < -0.39 is 7.60 Å². The largest absolute Gasteiger partial charge is 0.496 e. The predicted octanol–water partition coefficient (Wildman–Crippen LogP) is 1.30. The van der Waals surface area contributed by atoms with Crippen LogP contribution in [0, 0.1) is 6.92 Å². The molecule has 2 aromatic rings. The van der Waals surface area contributed by atoms with Crippen LogP contribution in [0.4, 0.5) is 11.8 Å². The summed E-state index contributed by atoms with van der Waals surface area (Å²) >= 11 is 0. The predicted molar refractivity (Wildman–Crippen MR) is 130 cm³/mol. The smallest absolute Gasteiger partial charge is 0.327 e. The van der Waals surface area contributed by atoms with Gasteiger partial charge in [-0.2, -0.15) is 4.98 Å². The maximum Gasteiger partial charge on any atom is 0.327 e. The molecule has 0 saturated heterocycles. The van der Waals surface area contributed by atoms with Crippen LogP contribution < -0.4 is 15.8 Å². The van der Waals surface area contributed by atoms with Gasteiger partial charge in [0.2, 0.25) is 5.95 Å². The third-order valence-electron chi connectivity index (χ3n) is 4.96. The molecule has 2 rings (SSSR count). The van der Waals surface area contributed by atoms with Crippen molar-refractivity contribution in [2.45, 2.75) is 19.8 Å². The molecule has 0 saturated carbocycles. The maximum absolute atomic E-state index is 11.6. The van der Waals surface area contributed by atoms with Crippen LogP contribution in [0.2, 0.25) is 0 Å². The van der Waals surface area contributed by atoms with Gasteiger partial charge in [-0.25, -0.2) is 4.98 Å². The average Bonchev–Trinajstić information content (AvgIpc) is 2.79. The second-order valence-corrected chi connectivity index (χ2v) is 9.39. The van der Waals surface area contributed by atoms with Gasteiger partial charge in [-0.3, -0.25) is 9.36 Å². The molecule has 0 radical (unpaired) electrons. The fourth-order valence-corrected chi connectivity index (χ4v) is 3.56. The molecule has 0 aliphatic heterocycles. The number of nitrogen functional groups attached to an aromatic ring is 1. The summed E-state index contributed by atoms with van der Waals surface area (Å²) in [6.07, 6.45) is 0.313. The molecular weight excluding hydrogens is 479 g/mol. The summed E-state index contributed by atoms with van der Waals surface area (Å²) in [6.45, 7) is 3.15. The molecule has 1 aromatic carbocycles. The number of esters is 1. The number of rotatable bonds is 15. The maximum atomic E-state index is 11.6. The van der Waals surface area contributed by atoms with Gasteiger partial charge in [-0.05, 0) is 24.1 Å². The molecule has 0 aliphatic carbocycles. The minimum atomic E-state index is -4.04. The number of anilines is 2. The van der Waals surface area contributed by atoms with Gasteiger partial charge >= 0.3 is 13.6 Å². The highest BCUT2D eigenvalue weighted by Gasteiger charge is 2.15. The lowest BCUT2D eigenvalue weighted by Crippen LogP contribution is -2.16. The van der Waals surface area contributed by atoms with Crippen molar-refractivity contribution in [2.24, 2.45) is 0 Å². The molecule has 0 aliphatic rings. The zero-order chi connectivity index (χ0) is 25.8. The molecule has 0 spiro atoms. The highest BCUT2D eigenvalue weighted by atomic mass is 31.2. The van der Waals surface area contributed by atoms with Gasteiger partial charge in [0.05, 0.1) is 53.2 Å². The van der Waals surface area contributed by atoms with Crippen molar-refractivity contribution in [3.63, 3.8) is 0 Å². The van der Waals surface area contributed by atoms with Crippen LogP contribution in [-0.4, -0.2) is 79.1 Å². The van der Waals surface area contributed by atoms with Crippen LogP contribution in [0.1, 0.15) is 22.4 Å². The van der Waals surface area contributed by atoms with E-state index in [1.54, 1.807) is 7.11 Å². The fraction of sp³-hybridized carbons (Fsp3) is 0.500. The zero-order valence-corrected chi connectivity index (χ0v) is 21.0. The van der Waals surface area contributed by atoms with E-state index in [4.69, 9.17) is 34.5 Å². The van der Waals surface area contributed by atoms with E-state index in [0.29, 0.717) is 31.1 Å². The first kappa shape index (κ1) is 28.5. The summed E-state index contributed by atoms with van der Waals surface area (Å²) in [7, 11) is -1.13. The van der Waals surface area contributed by atoms with Crippen molar-refractivity contribution in [3.8, 4) is 5.75 Å². The summed E-state index contributed by atoms with van der Waals surface area (Å²) in [6, 6.07) is 5.56. The summed E-state index contributed by atoms with van der Waals surface area (Å²) in [4.78, 5) is 37.8. The molecule has 12 nitrogen and oxygen atoms in total. The van der Waals surface area contributed by atoms with E-state index in [9.17, 15) is 9.36 Å². The Bertz CT molecular complexity index is 1030. The summed E-state index contributed by atoms with van der Waals surface area (Å²) in [5.41, 5.74) is 9.10. The van der Waals surface area contributed by atoms with Gasteiger partial charge in [0.25, 0.3) is 0 Å². The number of aromatic nitrogens is 2. The van der Waals surface area contributed by atoms with Gasteiger partial charge in [0, 0.05) is 24.2 Å². The number of carbonyl (C=O) groups excluding carboxylic acids is 1. The molecule has 0 fully saturated rings. The lowest BCUT2D eigenvalue weighted by atomic mass is 10.0. The molecule has 35 heavy (non-hydrogen) atoms. The number of hydrogen-bond donors (Lipinski definition) is 4.